The fourth-order valence-corrected chi connectivity index (χ4v) is 3.57. The molecule has 2 amide bonds. The maximum Gasteiger partial charge on any atom is 0.267 e. The number of halogens is 1. The van der Waals surface area contributed by atoms with Crippen LogP contribution in [0.25, 0.3) is 17.0 Å². The van der Waals surface area contributed by atoms with E-state index in [4.69, 9.17) is 4.74 Å². The average molecular weight is 458 g/mol. The zero-order chi connectivity index (χ0) is 23.9. The normalized spacial score (nSPS) is 11.3. The van der Waals surface area contributed by atoms with Crippen LogP contribution in [0.3, 0.4) is 0 Å². The van der Waals surface area contributed by atoms with Crippen molar-refractivity contribution in [1.29, 1.82) is 0 Å². The van der Waals surface area contributed by atoms with Gasteiger partial charge in [0.15, 0.2) is 0 Å². The van der Waals surface area contributed by atoms with Crippen molar-refractivity contribution >= 4 is 28.8 Å². The predicted molar refractivity (Wildman–Crippen MR) is 130 cm³/mol. The van der Waals surface area contributed by atoms with E-state index < -0.39 is 11.8 Å². The van der Waals surface area contributed by atoms with Gasteiger partial charge >= 0.3 is 0 Å². The molecule has 0 radical (unpaired) electrons. The summed E-state index contributed by atoms with van der Waals surface area (Å²) in [4.78, 5) is 29.0. The fraction of sp³-hybridized carbons (Fsp3) is 0.111. The molecule has 0 aliphatic rings. The van der Waals surface area contributed by atoms with E-state index in [9.17, 15) is 14.0 Å². The van der Waals surface area contributed by atoms with Crippen molar-refractivity contribution in [3.63, 3.8) is 0 Å². The van der Waals surface area contributed by atoms with Crippen LogP contribution < -0.4 is 15.4 Å². The molecule has 6 nitrogen and oxygen atoms in total. The number of rotatable bonds is 8. The molecule has 4 aromatic rings. The Kier molecular flexibility index (Phi) is 7.03. The minimum Gasteiger partial charge on any atom is -0.497 e. The third kappa shape index (κ3) is 5.32. The number of amides is 2. The highest BCUT2D eigenvalue weighted by Gasteiger charge is 2.16. The Bertz CT molecular complexity index is 1350. The van der Waals surface area contributed by atoms with Gasteiger partial charge in [-0.15, -0.1) is 0 Å². The van der Waals surface area contributed by atoms with Crippen molar-refractivity contribution in [3.05, 3.63) is 107 Å². The Morgan fingerprint density at radius 2 is 1.79 bits per heavy atom. The van der Waals surface area contributed by atoms with Gasteiger partial charge in [0.25, 0.3) is 11.8 Å². The Morgan fingerprint density at radius 3 is 2.56 bits per heavy atom. The molecular weight excluding hydrogens is 433 g/mol. The van der Waals surface area contributed by atoms with Crippen molar-refractivity contribution in [3.8, 4) is 5.75 Å². The smallest absolute Gasteiger partial charge is 0.267 e. The Hall–Kier alpha value is -4.39. The van der Waals surface area contributed by atoms with Crippen LogP contribution >= 0.6 is 0 Å². The molecule has 3 aromatic carbocycles. The molecule has 0 aliphatic carbocycles. The number of aromatic nitrogens is 1. The summed E-state index contributed by atoms with van der Waals surface area (Å²) in [5.74, 6) is -0.532. The molecule has 1 heterocycles. The van der Waals surface area contributed by atoms with Crippen LogP contribution in [0.5, 0.6) is 5.75 Å². The van der Waals surface area contributed by atoms with Gasteiger partial charge in [-0.05, 0) is 54.5 Å². The molecule has 7 heteroatoms. The van der Waals surface area contributed by atoms with Gasteiger partial charge < -0.3 is 20.4 Å². The zero-order valence-corrected chi connectivity index (χ0v) is 18.6. The van der Waals surface area contributed by atoms with Gasteiger partial charge in [-0.25, -0.2) is 4.39 Å². The monoisotopic (exact) mass is 457 g/mol. The number of fused-ring (bicyclic) bond motifs is 1. The molecule has 0 saturated carbocycles. The topological polar surface area (TPSA) is 83.2 Å². The highest BCUT2D eigenvalue weighted by molar-refractivity contribution is 6.06. The van der Waals surface area contributed by atoms with Crippen molar-refractivity contribution < 1.29 is 18.7 Å². The summed E-state index contributed by atoms with van der Waals surface area (Å²) in [6, 6.07) is 20.6. The summed E-state index contributed by atoms with van der Waals surface area (Å²) in [5, 5.41) is 6.33. The Balaban J connectivity index is 1.59. The second-order valence-electron chi connectivity index (χ2n) is 7.63. The van der Waals surface area contributed by atoms with Crippen LogP contribution in [0, 0.1) is 5.82 Å². The number of carbonyl (C=O) groups is 2. The van der Waals surface area contributed by atoms with Crippen molar-refractivity contribution in [2.45, 2.75) is 6.42 Å². The van der Waals surface area contributed by atoms with Gasteiger partial charge in [0.1, 0.15) is 17.3 Å². The van der Waals surface area contributed by atoms with Crippen LogP contribution in [-0.2, 0) is 11.2 Å². The number of ether oxygens (including phenoxy) is 1. The second-order valence-corrected chi connectivity index (χ2v) is 7.63. The summed E-state index contributed by atoms with van der Waals surface area (Å²) in [6.07, 6.45) is 3.69. The van der Waals surface area contributed by atoms with Gasteiger partial charge in [-0.1, -0.05) is 36.4 Å². The van der Waals surface area contributed by atoms with E-state index in [1.165, 1.54) is 6.07 Å². The molecule has 1 aromatic heterocycles. The second kappa shape index (κ2) is 10.5. The molecule has 0 spiro atoms. The first-order chi connectivity index (χ1) is 16.5. The number of nitrogens with one attached hydrogen (secondary N) is 3. The number of hydrogen-bond donors (Lipinski definition) is 3. The molecule has 0 fully saturated rings. The van der Waals surface area contributed by atoms with Gasteiger partial charge in [0.05, 0.1) is 7.11 Å². The standard InChI is InChI=1S/C27H24FN3O3/c1-34-21-11-12-24-22(16-21)20(17-30-24)15-25(31-26(32)19-8-3-2-4-9-19)27(33)29-14-13-18-7-5-6-10-23(18)28/h2-12,15-17,30H,13-14H2,1H3,(H,29,33)(H,31,32)/b25-15+. The van der Waals surface area contributed by atoms with Gasteiger partial charge in [-0.2, -0.15) is 0 Å². The van der Waals surface area contributed by atoms with Crippen LogP contribution in [0.2, 0.25) is 0 Å². The van der Waals surface area contributed by atoms with E-state index in [2.05, 4.69) is 15.6 Å². The van der Waals surface area contributed by atoms with E-state index >= 15 is 0 Å². The Labute approximate surface area is 196 Å². The van der Waals surface area contributed by atoms with E-state index in [0.717, 1.165) is 10.9 Å². The zero-order valence-electron chi connectivity index (χ0n) is 18.6. The number of H-pyrrole nitrogens is 1. The van der Waals surface area contributed by atoms with Crippen LogP contribution in [0.15, 0.2) is 84.7 Å². The highest BCUT2D eigenvalue weighted by atomic mass is 19.1. The summed E-state index contributed by atoms with van der Waals surface area (Å²) < 4.78 is 19.2. The molecule has 34 heavy (non-hydrogen) atoms. The largest absolute Gasteiger partial charge is 0.497 e. The lowest BCUT2D eigenvalue weighted by atomic mass is 10.1. The van der Waals surface area contributed by atoms with E-state index in [-0.39, 0.29) is 18.1 Å². The summed E-state index contributed by atoms with van der Waals surface area (Å²) in [6.45, 7) is 0.208. The Morgan fingerprint density at radius 1 is 1.03 bits per heavy atom. The molecular formula is C27H24FN3O3. The SMILES string of the molecule is COc1ccc2[nH]cc(/C=C(/NC(=O)c3ccccc3)C(=O)NCCc3ccccc3F)c2c1. The van der Waals surface area contributed by atoms with Gasteiger partial charge in [0.2, 0.25) is 0 Å². The summed E-state index contributed by atoms with van der Waals surface area (Å²) in [5.41, 5.74) is 2.58. The molecule has 0 aliphatic heterocycles. The lowest BCUT2D eigenvalue weighted by molar-refractivity contribution is -0.117. The van der Waals surface area contributed by atoms with E-state index in [1.54, 1.807) is 61.8 Å². The number of carbonyl (C=O) groups excluding carboxylic acids is 2. The lowest BCUT2D eigenvalue weighted by Crippen LogP contribution is -2.35. The molecule has 0 unspecified atom stereocenters. The summed E-state index contributed by atoms with van der Waals surface area (Å²) >= 11 is 0. The first-order valence-corrected chi connectivity index (χ1v) is 10.8. The summed E-state index contributed by atoms with van der Waals surface area (Å²) in [7, 11) is 1.58. The predicted octanol–water partition coefficient (Wildman–Crippen LogP) is 4.45. The minimum absolute atomic E-state index is 0.0751. The number of benzene rings is 3. The quantitative estimate of drug-likeness (QED) is 0.342. The van der Waals surface area contributed by atoms with Crippen molar-refractivity contribution in [2.24, 2.45) is 0 Å². The highest BCUT2D eigenvalue weighted by Crippen LogP contribution is 2.25. The molecule has 4 rings (SSSR count). The molecule has 172 valence electrons. The lowest BCUT2D eigenvalue weighted by Gasteiger charge is -2.11. The van der Waals surface area contributed by atoms with Crippen LogP contribution in [0.4, 0.5) is 4.39 Å². The fourth-order valence-electron chi connectivity index (χ4n) is 3.57. The maximum atomic E-state index is 13.9. The molecule has 0 atom stereocenters. The molecule has 0 bridgehead atoms. The van der Waals surface area contributed by atoms with Crippen LogP contribution in [0.1, 0.15) is 21.5 Å². The third-order valence-corrected chi connectivity index (χ3v) is 5.39. The number of methoxy groups -OCH3 is 1. The third-order valence-electron chi connectivity index (χ3n) is 5.39. The first kappa shape index (κ1) is 22.8. The van der Waals surface area contributed by atoms with E-state index in [1.807, 2.05) is 24.3 Å². The first-order valence-electron chi connectivity index (χ1n) is 10.8. The number of hydrogen-bond acceptors (Lipinski definition) is 3. The van der Waals surface area contributed by atoms with Crippen LogP contribution in [-0.4, -0.2) is 30.5 Å². The molecule has 0 saturated heterocycles. The maximum absolute atomic E-state index is 13.9. The minimum atomic E-state index is -0.474. The molecule has 3 N–H and O–H groups in total. The van der Waals surface area contributed by atoms with Crippen molar-refractivity contribution in [1.82, 2.24) is 15.6 Å². The average Bonchev–Trinajstić information content (AvgIpc) is 3.27. The van der Waals surface area contributed by atoms with E-state index in [0.29, 0.717) is 28.9 Å². The number of aromatic amines is 1. The van der Waals surface area contributed by atoms with Gasteiger partial charge in [0, 0.05) is 34.8 Å². The van der Waals surface area contributed by atoms with Crippen molar-refractivity contribution in [2.75, 3.05) is 13.7 Å². The van der Waals surface area contributed by atoms with Gasteiger partial charge in [-0.3, -0.25) is 9.59 Å².